The molecule has 1 rings (SSSR count). The zero-order valence-electron chi connectivity index (χ0n) is 8.33. The van der Waals surface area contributed by atoms with E-state index in [1.165, 1.54) is 12.1 Å². The summed E-state index contributed by atoms with van der Waals surface area (Å²) < 4.78 is 7.04. The van der Waals surface area contributed by atoms with Crippen molar-refractivity contribution < 1.29 is 1.37 Å². The summed E-state index contributed by atoms with van der Waals surface area (Å²) in [6.45, 7) is 3.43. The van der Waals surface area contributed by atoms with Gasteiger partial charge in [-0.05, 0) is 17.6 Å². The molecule has 0 aliphatic carbocycles. The number of benzene rings is 1. The molecule has 0 amide bonds. The van der Waals surface area contributed by atoms with E-state index in [9.17, 15) is 0 Å². The van der Waals surface area contributed by atoms with Gasteiger partial charge in [-0.15, -0.1) is 0 Å². The van der Waals surface area contributed by atoms with Crippen LogP contribution in [0.4, 0.5) is 0 Å². The Morgan fingerprint density at radius 2 is 2.25 bits per heavy atom. The lowest BCUT2D eigenvalue weighted by atomic mass is 10.1. The molecule has 0 heterocycles. The van der Waals surface area contributed by atoms with Crippen LogP contribution in [0.5, 0.6) is 0 Å². The quantitative estimate of drug-likeness (QED) is 0.590. The van der Waals surface area contributed by atoms with E-state index in [-0.39, 0.29) is 0 Å². The third-order valence-electron chi connectivity index (χ3n) is 1.71. The maximum absolute atomic E-state index is 7.04. The molecule has 0 radical (unpaired) electrons. The second kappa shape index (κ2) is 4.55. The van der Waals surface area contributed by atoms with Gasteiger partial charge >= 0.3 is 0 Å². The highest BCUT2D eigenvalue weighted by molar-refractivity contribution is 5.73. The number of rotatable bonds is 3. The molecule has 0 spiro atoms. The van der Waals surface area contributed by atoms with Gasteiger partial charge in [0.05, 0.1) is 1.37 Å². The smallest absolute Gasteiger partial charge is 0.0538 e. The van der Waals surface area contributed by atoms with E-state index < -0.39 is 0 Å². The molecule has 0 aromatic heterocycles. The highest BCUT2D eigenvalue weighted by Gasteiger charge is 1.92. The van der Waals surface area contributed by atoms with Crippen molar-refractivity contribution in [2.24, 2.45) is 0 Å². The van der Waals surface area contributed by atoms with Crippen LogP contribution in [0, 0.1) is 0 Å². The predicted octanol–water partition coefficient (Wildman–Crippen LogP) is 3.67. The largest absolute Gasteiger partial charge is 0.0985 e. The third-order valence-corrected chi connectivity index (χ3v) is 1.71. The first-order valence-corrected chi connectivity index (χ1v) is 4.19. The second-order valence-corrected chi connectivity index (χ2v) is 2.60. The minimum absolute atomic E-state index is 0.995. The van der Waals surface area contributed by atoms with E-state index in [1.54, 1.807) is 0 Å². The molecule has 0 fully saturated rings. The summed E-state index contributed by atoms with van der Waals surface area (Å²) >= 11 is 0. The van der Waals surface area contributed by atoms with Gasteiger partial charge in [-0.3, -0.25) is 0 Å². The van der Waals surface area contributed by atoms with Crippen molar-refractivity contribution in [3.8, 4) is 0 Å². The fourth-order valence-electron chi connectivity index (χ4n) is 1.13. The van der Waals surface area contributed by atoms with Crippen molar-refractivity contribution in [2.75, 3.05) is 0 Å². The highest BCUT2D eigenvalue weighted by atomic mass is 14.0. The normalized spacial score (nSPS) is 13.4. The molecule has 0 aliphatic rings. The van der Waals surface area contributed by atoms with E-state index in [2.05, 4.69) is 25.1 Å². The molecule has 1 aromatic carbocycles. The SMILES string of the molecule is [2H]C=CC(=CCC)c1ccccc1. The standard InChI is InChI=1S/C12H14/c1-3-8-11(4-2)12-9-6-5-7-10-12/h4-10H,2-3H2,1H3/i2D. The van der Waals surface area contributed by atoms with Crippen molar-refractivity contribution in [1.29, 1.82) is 0 Å². The predicted molar refractivity (Wildman–Crippen MR) is 54.9 cm³/mol. The molecule has 0 saturated carbocycles. The van der Waals surface area contributed by atoms with Gasteiger partial charge in [-0.2, -0.15) is 0 Å². The zero-order valence-corrected chi connectivity index (χ0v) is 7.33. The fourth-order valence-corrected chi connectivity index (χ4v) is 1.13. The Kier molecular flexibility index (Phi) is 2.79. The molecule has 0 saturated heterocycles. The van der Waals surface area contributed by atoms with Crippen molar-refractivity contribution >= 4 is 5.57 Å². The lowest BCUT2D eigenvalue weighted by Gasteiger charge is -2.00. The molecular weight excluding hydrogens is 144 g/mol. The zero-order chi connectivity index (χ0) is 9.52. The van der Waals surface area contributed by atoms with Crippen molar-refractivity contribution in [3.05, 3.63) is 54.6 Å². The Morgan fingerprint density at radius 3 is 2.83 bits per heavy atom. The molecule has 12 heavy (non-hydrogen) atoms. The highest BCUT2D eigenvalue weighted by Crippen LogP contribution is 2.14. The van der Waals surface area contributed by atoms with Crippen LogP contribution in [0.25, 0.3) is 5.57 Å². The van der Waals surface area contributed by atoms with Gasteiger partial charge in [0, 0.05) is 0 Å². The summed E-state index contributed by atoms with van der Waals surface area (Å²) in [7, 11) is 0. The Labute approximate surface area is 75.6 Å². The first kappa shape index (κ1) is 7.35. The molecule has 1 aromatic rings. The Morgan fingerprint density at radius 1 is 1.50 bits per heavy atom. The molecule has 0 atom stereocenters. The third kappa shape index (κ3) is 2.09. The summed E-state index contributed by atoms with van der Waals surface area (Å²) in [6, 6.07) is 10.1. The number of hydrogen-bond acceptors (Lipinski definition) is 0. The van der Waals surface area contributed by atoms with E-state index in [0.717, 1.165) is 12.0 Å². The molecule has 0 unspecified atom stereocenters. The lowest BCUT2D eigenvalue weighted by Crippen LogP contribution is -1.78. The van der Waals surface area contributed by atoms with E-state index in [1.807, 2.05) is 24.3 Å². The Balaban J connectivity index is 2.96. The number of hydrogen-bond donors (Lipinski definition) is 0. The van der Waals surface area contributed by atoms with Gasteiger partial charge < -0.3 is 0 Å². The average molecular weight is 159 g/mol. The van der Waals surface area contributed by atoms with E-state index >= 15 is 0 Å². The van der Waals surface area contributed by atoms with Gasteiger partial charge in [-0.25, -0.2) is 0 Å². The summed E-state index contributed by atoms with van der Waals surface area (Å²) in [5.41, 5.74) is 2.30. The maximum atomic E-state index is 7.04. The Hall–Kier alpha value is -1.30. The van der Waals surface area contributed by atoms with Gasteiger partial charge in [0.1, 0.15) is 0 Å². The second-order valence-electron chi connectivity index (χ2n) is 2.60. The number of allylic oxidation sites excluding steroid dienone is 3. The molecule has 62 valence electrons. The maximum Gasteiger partial charge on any atom is 0.0538 e. The minimum atomic E-state index is 0.995. The van der Waals surface area contributed by atoms with Crippen LogP contribution in [-0.4, -0.2) is 0 Å². The van der Waals surface area contributed by atoms with Crippen LogP contribution in [0.2, 0.25) is 0 Å². The minimum Gasteiger partial charge on any atom is -0.0985 e. The van der Waals surface area contributed by atoms with Crippen LogP contribution in [0.3, 0.4) is 0 Å². The molecule has 0 nitrogen and oxygen atoms in total. The summed E-state index contributed by atoms with van der Waals surface area (Å²) in [4.78, 5) is 0. The Bertz CT molecular complexity index is 296. The molecule has 0 aliphatic heterocycles. The summed E-state index contributed by atoms with van der Waals surface area (Å²) in [5, 5.41) is 0. The van der Waals surface area contributed by atoms with Crippen LogP contribution >= 0.6 is 0 Å². The first-order valence-electron chi connectivity index (χ1n) is 4.76. The molecule has 0 bridgehead atoms. The van der Waals surface area contributed by atoms with Crippen molar-refractivity contribution in [2.45, 2.75) is 13.3 Å². The first-order chi connectivity index (χ1) is 6.38. The van der Waals surface area contributed by atoms with Crippen LogP contribution < -0.4 is 0 Å². The average Bonchev–Trinajstić information content (AvgIpc) is 2.19. The summed E-state index contributed by atoms with van der Waals surface area (Å²) in [6.07, 6.45) is 4.94. The fraction of sp³-hybridized carbons (Fsp3) is 0.167. The van der Waals surface area contributed by atoms with Gasteiger partial charge in [0.25, 0.3) is 0 Å². The van der Waals surface area contributed by atoms with E-state index in [0.29, 0.717) is 0 Å². The molecule has 0 N–H and O–H groups in total. The van der Waals surface area contributed by atoms with Crippen molar-refractivity contribution in [1.82, 2.24) is 0 Å². The van der Waals surface area contributed by atoms with Crippen LogP contribution in [-0.2, 0) is 0 Å². The van der Waals surface area contributed by atoms with Crippen molar-refractivity contribution in [3.63, 3.8) is 0 Å². The summed E-state index contributed by atoms with van der Waals surface area (Å²) in [5.74, 6) is 0. The topological polar surface area (TPSA) is 0 Å². The molecular formula is C12H14. The van der Waals surface area contributed by atoms with Crippen LogP contribution in [0.15, 0.2) is 49.0 Å². The monoisotopic (exact) mass is 159 g/mol. The van der Waals surface area contributed by atoms with Gasteiger partial charge in [0.2, 0.25) is 0 Å². The van der Waals surface area contributed by atoms with E-state index in [4.69, 9.17) is 1.37 Å². The van der Waals surface area contributed by atoms with Gasteiger partial charge in [-0.1, -0.05) is 56.0 Å². The van der Waals surface area contributed by atoms with Gasteiger partial charge in [0.15, 0.2) is 0 Å². The molecule has 0 heteroatoms. The van der Waals surface area contributed by atoms with Crippen LogP contribution in [0.1, 0.15) is 20.3 Å². The lowest BCUT2D eigenvalue weighted by molar-refractivity contribution is 1.23.